The second-order valence-corrected chi connectivity index (χ2v) is 7.54. The third kappa shape index (κ3) is 4.60. The summed E-state index contributed by atoms with van der Waals surface area (Å²) in [6, 6.07) is 6.17. The second kappa shape index (κ2) is 8.47. The molecular weight excluding hydrogens is 334 g/mol. The van der Waals surface area contributed by atoms with Crippen LogP contribution in [-0.4, -0.2) is 49.9 Å². The molecule has 0 saturated carbocycles. The number of thioether (sulfide) groups is 1. The topological polar surface area (TPSA) is 63.9 Å². The van der Waals surface area contributed by atoms with E-state index in [2.05, 4.69) is 28.5 Å². The van der Waals surface area contributed by atoms with Gasteiger partial charge in [-0.3, -0.25) is 4.79 Å². The summed E-state index contributed by atoms with van der Waals surface area (Å²) in [6.07, 6.45) is 5.96. The molecule has 134 valence electrons. The first-order chi connectivity index (χ1) is 12.1. The molecule has 7 heteroatoms. The zero-order valence-corrected chi connectivity index (χ0v) is 15.8. The number of nitrogens with zero attached hydrogens (tertiary/aromatic N) is 5. The van der Waals surface area contributed by atoms with Gasteiger partial charge in [0, 0.05) is 13.1 Å². The molecule has 0 radical (unpaired) electrons. The van der Waals surface area contributed by atoms with Crippen LogP contribution in [0.1, 0.15) is 43.2 Å². The van der Waals surface area contributed by atoms with Crippen LogP contribution < -0.4 is 0 Å². The van der Waals surface area contributed by atoms with Crippen molar-refractivity contribution in [2.45, 2.75) is 51.1 Å². The van der Waals surface area contributed by atoms with Gasteiger partial charge in [0.25, 0.3) is 0 Å². The average Bonchev–Trinajstić information content (AvgIpc) is 3.00. The number of hydrogen-bond donors (Lipinski definition) is 0. The molecule has 2 heterocycles. The minimum atomic E-state index is 0.182. The lowest BCUT2D eigenvalue weighted by atomic mass is 10.1. The van der Waals surface area contributed by atoms with Crippen molar-refractivity contribution >= 4 is 17.7 Å². The van der Waals surface area contributed by atoms with Gasteiger partial charge in [-0.1, -0.05) is 48.7 Å². The standard InChI is InChI=1S/C18H25N5OS/c1-14-8-9-16(15(2)12-14)23-18(19-20-21-23)25-13-17(24)22-10-6-4-3-5-7-11-22/h8-9,12H,3-7,10-11,13H2,1-2H3. The summed E-state index contributed by atoms with van der Waals surface area (Å²) in [5, 5.41) is 12.7. The Morgan fingerprint density at radius 3 is 2.56 bits per heavy atom. The quantitative estimate of drug-likeness (QED) is 0.785. The van der Waals surface area contributed by atoms with Crippen molar-refractivity contribution in [3.05, 3.63) is 29.3 Å². The SMILES string of the molecule is Cc1ccc(-n2nnnc2SCC(=O)N2CCCCCCC2)c(C)c1. The molecule has 2 aromatic rings. The van der Waals surface area contributed by atoms with Crippen molar-refractivity contribution < 1.29 is 4.79 Å². The van der Waals surface area contributed by atoms with E-state index in [0.29, 0.717) is 10.9 Å². The van der Waals surface area contributed by atoms with E-state index in [1.165, 1.54) is 36.6 Å². The Balaban J connectivity index is 1.66. The van der Waals surface area contributed by atoms with E-state index in [1.807, 2.05) is 24.0 Å². The van der Waals surface area contributed by atoms with Crippen molar-refractivity contribution in [1.29, 1.82) is 0 Å². The number of aryl methyl sites for hydroxylation is 2. The summed E-state index contributed by atoms with van der Waals surface area (Å²) in [5.41, 5.74) is 3.27. The summed E-state index contributed by atoms with van der Waals surface area (Å²) in [4.78, 5) is 14.5. The van der Waals surface area contributed by atoms with E-state index in [0.717, 1.165) is 37.2 Å². The lowest BCUT2D eigenvalue weighted by molar-refractivity contribution is -0.128. The number of carbonyl (C=O) groups is 1. The zero-order chi connectivity index (χ0) is 17.6. The second-order valence-electron chi connectivity index (χ2n) is 6.60. The maximum absolute atomic E-state index is 12.5. The molecule has 0 aliphatic carbocycles. The van der Waals surface area contributed by atoms with Gasteiger partial charge in [-0.05, 0) is 48.7 Å². The molecule has 0 N–H and O–H groups in total. The van der Waals surface area contributed by atoms with Crippen LogP contribution in [0.5, 0.6) is 0 Å². The maximum Gasteiger partial charge on any atom is 0.233 e. The minimum absolute atomic E-state index is 0.182. The van der Waals surface area contributed by atoms with E-state index in [1.54, 1.807) is 4.68 Å². The first-order valence-electron chi connectivity index (χ1n) is 8.92. The molecular formula is C18H25N5OS. The van der Waals surface area contributed by atoms with Crippen LogP contribution in [0.25, 0.3) is 5.69 Å². The number of tetrazole rings is 1. The fourth-order valence-electron chi connectivity index (χ4n) is 3.18. The van der Waals surface area contributed by atoms with Crippen molar-refractivity contribution in [2.24, 2.45) is 0 Å². The van der Waals surface area contributed by atoms with E-state index in [9.17, 15) is 4.79 Å². The Labute approximate surface area is 153 Å². The van der Waals surface area contributed by atoms with E-state index >= 15 is 0 Å². The minimum Gasteiger partial charge on any atom is -0.342 e. The number of benzene rings is 1. The lowest BCUT2D eigenvalue weighted by Crippen LogP contribution is -2.35. The Bertz CT molecular complexity index is 722. The van der Waals surface area contributed by atoms with Gasteiger partial charge in [0.2, 0.25) is 11.1 Å². The molecule has 1 aromatic heterocycles. The molecule has 1 aliphatic rings. The summed E-state index contributed by atoms with van der Waals surface area (Å²) in [5.74, 6) is 0.563. The zero-order valence-electron chi connectivity index (χ0n) is 14.9. The highest BCUT2D eigenvalue weighted by Gasteiger charge is 2.18. The monoisotopic (exact) mass is 359 g/mol. The first-order valence-corrected chi connectivity index (χ1v) is 9.90. The highest BCUT2D eigenvalue weighted by molar-refractivity contribution is 7.99. The van der Waals surface area contributed by atoms with Gasteiger partial charge in [-0.25, -0.2) is 0 Å². The predicted molar refractivity (Wildman–Crippen MR) is 99.0 cm³/mol. The molecule has 1 saturated heterocycles. The van der Waals surface area contributed by atoms with Crippen LogP contribution in [-0.2, 0) is 4.79 Å². The van der Waals surface area contributed by atoms with Crippen molar-refractivity contribution in [2.75, 3.05) is 18.8 Å². The molecule has 1 fully saturated rings. The summed E-state index contributed by atoms with van der Waals surface area (Å²) < 4.78 is 1.72. The highest BCUT2D eigenvalue weighted by Crippen LogP contribution is 2.22. The highest BCUT2D eigenvalue weighted by atomic mass is 32.2. The van der Waals surface area contributed by atoms with Crippen molar-refractivity contribution in [3.8, 4) is 5.69 Å². The Kier molecular flexibility index (Phi) is 6.07. The maximum atomic E-state index is 12.5. The number of rotatable bonds is 4. The van der Waals surface area contributed by atoms with Crippen LogP contribution in [0.2, 0.25) is 0 Å². The molecule has 0 unspecified atom stereocenters. The first kappa shape index (κ1) is 17.9. The summed E-state index contributed by atoms with van der Waals surface area (Å²) in [6.45, 7) is 5.86. The lowest BCUT2D eigenvalue weighted by Gasteiger charge is -2.24. The molecule has 1 aliphatic heterocycles. The van der Waals surface area contributed by atoms with Gasteiger partial charge in [0.15, 0.2) is 0 Å². The van der Waals surface area contributed by atoms with Crippen molar-refractivity contribution in [1.82, 2.24) is 25.1 Å². The number of likely N-dealkylation sites (tertiary alicyclic amines) is 1. The Hall–Kier alpha value is -1.89. The largest absolute Gasteiger partial charge is 0.342 e. The molecule has 0 bridgehead atoms. The van der Waals surface area contributed by atoms with Gasteiger partial charge in [-0.15, -0.1) is 5.10 Å². The van der Waals surface area contributed by atoms with Gasteiger partial charge < -0.3 is 4.90 Å². The predicted octanol–water partition coefficient (Wildman–Crippen LogP) is 3.16. The Morgan fingerprint density at radius 2 is 1.84 bits per heavy atom. The third-order valence-electron chi connectivity index (χ3n) is 4.55. The van der Waals surface area contributed by atoms with E-state index in [4.69, 9.17) is 0 Å². The van der Waals surface area contributed by atoms with Crippen LogP contribution in [0.4, 0.5) is 0 Å². The number of aromatic nitrogens is 4. The molecule has 1 aromatic carbocycles. The molecule has 0 atom stereocenters. The van der Waals surface area contributed by atoms with Gasteiger partial charge in [-0.2, -0.15) is 4.68 Å². The number of carbonyl (C=O) groups excluding carboxylic acids is 1. The molecule has 1 amide bonds. The molecule has 6 nitrogen and oxygen atoms in total. The van der Waals surface area contributed by atoms with Gasteiger partial charge in [0.1, 0.15) is 0 Å². The molecule has 3 rings (SSSR count). The average molecular weight is 359 g/mol. The molecule has 25 heavy (non-hydrogen) atoms. The van der Waals surface area contributed by atoms with E-state index in [-0.39, 0.29) is 5.91 Å². The number of hydrogen-bond acceptors (Lipinski definition) is 5. The number of amides is 1. The third-order valence-corrected chi connectivity index (χ3v) is 5.46. The summed E-state index contributed by atoms with van der Waals surface area (Å²) in [7, 11) is 0. The van der Waals surface area contributed by atoms with Crippen LogP contribution in [0, 0.1) is 13.8 Å². The smallest absolute Gasteiger partial charge is 0.233 e. The Morgan fingerprint density at radius 1 is 1.12 bits per heavy atom. The fraction of sp³-hybridized carbons (Fsp3) is 0.556. The summed E-state index contributed by atoms with van der Waals surface area (Å²) >= 11 is 1.41. The van der Waals surface area contributed by atoms with Crippen LogP contribution in [0.15, 0.2) is 23.4 Å². The molecule has 0 spiro atoms. The van der Waals surface area contributed by atoms with Crippen molar-refractivity contribution in [3.63, 3.8) is 0 Å². The van der Waals surface area contributed by atoms with E-state index < -0.39 is 0 Å². The van der Waals surface area contributed by atoms with Crippen LogP contribution in [0.3, 0.4) is 0 Å². The van der Waals surface area contributed by atoms with Crippen LogP contribution >= 0.6 is 11.8 Å². The normalized spacial score (nSPS) is 15.7. The van der Waals surface area contributed by atoms with Gasteiger partial charge >= 0.3 is 0 Å². The fourth-order valence-corrected chi connectivity index (χ4v) is 3.96. The van der Waals surface area contributed by atoms with Gasteiger partial charge in [0.05, 0.1) is 11.4 Å².